The summed E-state index contributed by atoms with van der Waals surface area (Å²) in [5, 5.41) is 3.38. The first-order chi connectivity index (χ1) is 13.1. The molecule has 2 rings (SSSR count). The molecule has 148 valence electrons. The van der Waals surface area contributed by atoms with E-state index in [0.29, 0.717) is 19.1 Å². The molecule has 0 aromatic heterocycles. The number of hydrogen-bond donors (Lipinski definition) is 1. The van der Waals surface area contributed by atoms with E-state index in [-0.39, 0.29) is 18.1 Å². The molecular formula is C23H33NO3. The van der Waals surface area contributed by atoms with Crippen molar-refractivity contribution in [3.63, 3.8) is 0 Å². The highest BCUT2D eigenvalue weighted by Crippen LogP contribution is 2.22. The quantitative estimate of drug-likeness (QED) is 0.354. The Hall–Kier alpha value is -1.99. The maximum atomic E-state index is 12.6. The van der Waals surface area contributed by atoms with Crippen LogP contribution in [0.4, 0.5) is 0 Å². The first kappa shape index (κ1) is 21.3. The molecule has 1 unspecified atom stereocenters. The molecule has 0 saturated heterocycles. The Morgan fingerprint density at radius 2 is 1.96 bits per heavy atom. The van der Waals surface area contributed by atoms with Gasteiger partial charge in [0.1, 0.15) is 17.9 Å². The molecule has 0 aliphatic heterocycles. The molecular weight excluding hydrogens is 338 g/mol. The van der Waals surface area contributed by atoms with Crippen molar-refractivity contribution in [2.45, 2.75) is 77.5 Å². The zero-order valence-corrected chi connectivity index (χ0v) is 16.7. The molecule has 27 heavy (non-hydrogen) atoms. The van der Waals surface area contributed by atoms with E-state index >= 15 is 0 Å². The van der Waals surface area contributed by atoms with Crippen LogP contribution >= 0.6 is 0 Å². The van der Waals surface area contributed by atoms with E-state index < -0.39 is 0 Å². The topological polar surface area (TPSA) is 47.6 Å². The Labute approximate surface area is 164 Å². The summed E-state index contributed by atoms with van der Waals surface area (Å²) in [7, 11) is 0. The number of carbonyl (C=O) groups excluding carboxylic acids is 1. The molecule has 4 nitrogen and oxygen atoms in total. The highest BCUT2D eigenvalue weighted by molar-refractivity contribution is 5.76. The normalized spacial score (nSPS) is 15.5. The van der Waals surface area contributed by atoms with E-state index in [2.05, 4.69) is 25.1 Å². The van der Waals surface area contributed by atoms with Crippen LogP contribution in [0.5, 0.6) is 5.75 Å². The fraction of sp³-hybridized carbons (Fsp3) is 0.609. The lowest BCUT2D eigenvalue weighted by atomic mass is 10.0. The van der Waals surface area contributed by atoms with Crippen molar-refractivity contribution in [1.29, 1.82) is 0 Å². The van der Waals surface area contributed by atoms with E-state index in [0.717, 1.165) is 56.3 Å². The van der Waals surface area contributed by atoms with Gasteiger partial charge in [-0.1, -0.05) is 26.0 Å². The van der Waals surface area contributed by atoms with E-state index in [1.807, 2.05) is 24.3 Å². The number of nitrogens with one attached hydrogen (secondary N) is 1. The van der Waals surface area contributed by atoms with Gasteiger partial charge in [-0.2, -0.15) is 0 Å². The van der Waals surface area contributed by atoms with Gasteiger partial charge < -0.3 is 14.8 Å². The Morgan fingerprint density at radius 3 is 2.59 bits per heavy atom. The highest BCUT2D eigenvalue weighted by Gasteiger charge is 2.25. The molecule has 4 heteroatoms. The second kappa shape index (κ2) is 11.7. The standard InChI is InChI=1S/C23H33NO3/c1-4-5-8-15-26-20-13-11-19(12-14-20)17-24-22(16-18(2)3)23(25)27-21-9-6-7-10-21/h1,11-14,18,21-22,24H,5-10,15-17H2,2-3H3. The lowest BCUT2D eigenvalue weighted by Gasteiger charge is -2.22. The van der Waals surface area contributed by atoms with Gasteiger partial charge in [0, 0.05) is 13.0 Å². The average molecular weight is 372 g/mol. The number of terminal acetylenes is 1. The molecule has 0 amide bonds. The van der Waals surface area contributed by atoms with Gasteiger partial charge in [-0.25, -0.2) is 0 Å². The molecule has 1 aromatic rings. The van der Waals surface area contributed by atoms with Gasteiger partial charge in [-0.15, -0.1) is 12.3 Å². The smallest absolute Gasteiger partial charge is 0.323 e. The van der Waals surface area contributed by atoms with Gasteiger partial charge in [0.15, 0.2) is 0 Å². The minimum absolute atomic E-state index is 0.107. The first-order valence-corrected chi connectivity index (χ1v) is 10.2. The summed E-state index contributed by atoms with van der Waals surface area (Å²) >= 11 is 0. The molecule has 0 bridgehead atoms. The summed E-state index contributed by atoms with van der Waals surface area (Å²) in [5.41, 5.74) is 1.12. The van der Waals surface area contributed by atoms with Gasteiger partial charge in [-0.05, 0) is 62.1 Å². The highest BCUT2D eigenvalue weighted by atomic mass is 16.5. The molecule has 0 heterocycles. The van der Waals surface area contributed by atoms with Crippen LogP contribution in [0.25, 0.3) is 0 Å². The van der Waals surface area contributed by atoms with Crippen molar-refractivity contribution in [2.24, 2.45) is 5.92 Å². The predicted octanol–water partition coefficient (Wildman–Crippen LogP) is 4.47. The van der Waals surface area contributed by atoms with Crippen LogP contribution in [0.2, 0.25) is 0 Å². The largest absolute Gasteiger partial charge is 0.494 e. The van der Waals surface area contributed by atoms with Crippen molar-refractivity contribution >= 4 is 5.97 Å². The van der Waals surface area contributed by atoms with Gasteiger partial charge in [-0.3, -0.25) is 4.79 Å². The number of benzene rings is 1. The van der Waals surface area contributed by atoms with Crippen molar-refractivity contribution in [3.8, 4) is 18.1 Å². The predicted molar refractivity (Wildman–Crippen MR) is 108 cm³/mol. The summed E-state index contributed by atoms with van der Waals surface area (Å²) in [6.07, 6.45) is 12.1. The molecule has 1 atom stereocenters. The number of ether oxygens (including phenoxy) is 2. The molecule has 1 fully saturated rings. The summed E-state index contributed by atoms with van der Waals surface area (Å²) in [6.45, 7) is 5.52. The van der Waals surface area contributed by atoms with Crippen molar-refractivity contribution < 1.29 is 14.3 Å². The van der Waals surface area contributed by atoms with Crippen LogP contribution in [0.15, 0.2) is 24.3 Å². The summed E-state index contributed by atoms with van der Waals surface area (Å²) in [6, 6.07) is 7.71. The lowest BCUT2D eigenvalue weighted by molar-refractivity contribution is -0.151. The van der Waals surface area contributed by atoms with Gasteiger partial charge in [0.2, 0.25) is 0 Å². The first-order valence-electron chi connectivity index (χ1n) is 10.2. The van der Waals surface area contributed by atoms with Crippen LogP contribution in [0, 0.1) is 18.3 Å². The summed E-state index contributed by atoms with van der Waals surface area (Å²) < 4.78 is 11.4. The molecule has 1 saturated carbocycles. The Morgan fingerprint density at radius 1 is 1.26 bits per heavy atom. The molecule has 1 aromatic carbocycles. The number of carbonyl (C=O) groups is 1. The summed E-state index contributed by atoms with van der Waals surface area (Å²) in [4.78, 5) is 12.6. The lowest BCUT2D eigenvalue weighted by Crippen LogP contribution is -2.40. The fourth-order valence-corrected chi connectivity index (χ4v) is 3.30. The van der Waals surface area contributed by atoms with Crippen LogP contribution in [0.1, 0.15) is 64.4 Å². The Kier molecular flexibility index (Phi) is 9.21. The molecule has 0 radical (unpaired) electrons. The van der Waals surface area contributed by atoms with Crippen LogP contribution in [0.3, 0.4) is 0 Å². The van der Waals surface area contributed by atoms with Gasteiger partial charge in [0.25, 0.3) is 0 Å². The van der Waals surface area contributed by atoms with E-state index in [1.165, 1.54) is 0 Å². The number of rotatable bonds is 11. The second-order valence-corrected chi connectivity index (χ2v) is 7.71. The van der Waals surface area contributed by atoms with Crippen LogP contribution in [-0.2, 0) is 16.1 Å². The minimum atomic E-state index is -0.259. The van der Waals surface area contributed by atoms with Crippen LogP contribution in [-0.4, -0.2) is 24.7 Å². The Balaban J connectivity index is 1.82. The zero-order chi connectivity index (χ0) is 19.5. The van der Waals surface area contributed by atoms with Crippen molar-refractivity contribution in [1.82, 2.24) is 5.32 Å². The summed E-state index contributed by atoms with van der Waals surface area (Å²) in [5.74, 6) is 3.77. The van der Waals surface area contributed by atoms with Gasteiger partial charge in [0.05, 0.1) is 6.61 Å². The molecule has 1 N–H and O–H groups in total. The van der Waals surface area contributed by atoms with Crippen molar-refractivity contribution in [3.05, 3.63) is 29.8 Å². The number of esters is 1. The third-order valence-corrected chi connectivity index (χ3v) is 4.79. The molecule has 1 aliphatic rings. The monoisotopic (exact) mass is 371 g/mol. The Bertz CT molecular complexity index is 597. The van der Waals surface area contributed by atoms with E-state index in [4.69, 9.17) is 15.9 Å². The van der Waals surface area contributed by atoms with Crippen molar-refractivity contribution in [2.75, 3.05) is 6.61 Å². The SMILES string of the molecule is C#CCCCOc1ccc(CNC(CC(C)C)C(=O)OC2CCCC2)cc1. The minimum Gasteiger partial charge on any atom is -0.494 e. The zero-order valence-electron chi connectivity index (χ0n) is 16.7. The number of unbranched alkanes of at least 4 members (excludes halogenated alkanes) is 1. The van der Waals surface area contributed by atoms with Crippen LogP contribution < -0.4 is 10.1 Å². The maximum absolute atomic E-state index is 12.6. The molecule has 1 aliphatic carbocycles. The van der Waals surface area contributed by atoms with E-state index in [1.54, 1.807) is 0 Å². The third kappa shape index (κ3) is 8.05. The average Bonchev–Trinajstić information content (AvgIpc) is 3.16. The van der Waals surface area contributed by atoms with E-state index in [9.17, 15) is 4.79 Å². The van der Waals surface area contributed by atoms with Gasteiger partial charge >= 0.3 is 5.97 Å². The number of hydrogen-bond acceptors (Lipinski definition) is 4. The third-order valence-electron chi connectivity index (χ3n) is 4.79. The molecule has 0 spiro atoms. The second-order valence-electron chi connectivity index (χ2n) is 7.71. The maximum Gasteiger partial charge on any atom is 0.323 e. The fourth-order valence-electron chi connectivity index (χ4n) is 3.30.